The van der Waals surface area contributed by atoms with Crippen LogP contribution in [0, 0.1) is 6.92 Å². The van der Waals surface area contributed by atoms with E-state index in [4.69, 9.17) is 5.73 Å². The van der Waals surface area contributed by atoms with E-state index in [1.54, 1.807) is 6.20 Å². The zero-order valence-electron chi connectivity index (χ0n) is 8.57. The molecule has 0 aliphatic rings. The van der Waals surface area contributed by atoms with E-state index in [2.05, 4.69) is 10.3 Å². The summed E-state index contributed by atoms with van der Waals surface area (Å²) >= 11 is 0. The number of benzene rings is 1. The average molecular weight is 199 g/mol. The van der Waals surface area contributed by atoms with E-state index in [-0.39, 0.29) is 0 Å². The van der Waals surface area contributed by atoms with Crippen LogP contribution in [0.4, 0.5) is 17.1 Å². The maximum atomic E-state index is 5.84. The van der Waals surface area contributed by atoms with Gasteiger partial charge in [0.15, 0.2) is 0 Å². The molecule has 0 amide bonds. The number of nitrogens with two attached hydrogens (primary N) is 1. The first-order valence-electron chi connectivity index (χ1n) is 4.79. The number of nitrogen functional groups attached to an aromatic ring is 1. The van der Waals surface area contributed by atoms with Crippen LogP contribution >= 0.6 is 0 Å². The van der Waals surface area contributed by atoms with Crippen molar-refractivity contribution in [3.8, 4) is 0 Å². The third kappa shape index (κ3) is 2.07. The van der Waals surface area contributed by atoms with Crippen LogP contribution < -0.4 is 11.1 Å². The van der Waals surface area contributed by atoms with Crippen molar-refractivity contribution in [1.82, 2.24) is 4.98 Å². The number of anilines is 3. The second kappa shape index (κ2) is 4.00. The monoisotopic (exact) mass is 199 g/mol. The Hall–Kier alpha value is -2.03. The number of nitrogens with zero attached hydrogens (tertiary/aromatic N) is 1. The van der Waals surface area contributed by atoms with E-state index < -0.39 is 0 Å². The predicted molar refractivity (Wildman–Crippen MR) is 63.1 cm³/mol. The molecular weight excluding hydrogens is 186 g/mol. The normalized spacial score (nSPS) is 9.93. The first-order chi connectivity index (χ1) is 7.27. The van der Waals surface area contributed by atoms with Crippen LogP contribution in [0.5, 0.6) is 0 Å². The maximum Gasteiger partial charge on any atom is 0.0618 e. The SMILES string of the molecule is Cc1cnccc1Nc1ccccc1N. The summed E-state index contributed by atoms with van der Waals surface area (Å²) in [6, 6.07) is 9.63. The molecule has 0 atom stereocenters. The van der Waals surface area contributed by atoms with E-state index in [1.807, 2.05) is 43.5 Å². The van der Waals surface area contributed by atoms with Crippen LogP contribution in [0.3, 0.4) is 0 Å². The fourth-order valence-corrected chi connectivity index (χ4v) is 1.37. The molecule has 1 aromatic carbocycles. The minimum absolute atomic E-state index is 0.744. The van der Waals surface area contributed by atoms with Gasteiger partial charge in [0, 0.05) is 18.1 Å². The molecule has 0 aliphatic carbocycles. The van der Waals surface area contributed by atoms with Gasteiger partial charge in [0.1, 0.15) is 0 Å². The highest BCUT2D eigenvalue weighted by atomic mass is 14.9. The van der Waals surface area contributed by atoms with Gasteiger partial charge in [-0.15, -0.1) is 0 Å². The van der Waals surface area contributed by atoms with Gasteiger partial charge >= 0.3 is 0 Å². The highest BCUT2D eigenvalue weighted by Crippen LogP contribution is 2.23. The minimum atomic E-state index is 0.744. The third-order valence-electron chi connectivity index (χ3n) is 2.25. The summed E-state index contributed by atoms with van der Waals surface area (Å²) in [4.78, 5) is 4.04. The van der Waals surface area contributed by atoms with Crippen molar-refractivity contribution in [3.63, 3.8) is 0 Å². The van der Waals surface area contributed by atoms with E-state index >= 15 is 0 Å². The molecule has 15 heavy (non-hydrogen) atoms. The smallest absolute Gasteiger partial charge is 0.0618 e. The van der Waals surface area contributed by atoms with Crippen LogP contribution in [-0.4, -0.2) is 4.98 Å². The Morgan fingerprint density at radius 1 is 1.13 bits per heavy atom. The number of pyridine rings is 1. The van der Waals surface area contributed by atoms with Crippen molar-refractivity contribution in [2.24, 2.45) is 0 Å². The number of rotatable bonds is 2. The quantitative estimate of drug-likeness (QED) is 0.731. The Kier molecular flexibility index (Phi) is 2.54. The number of para-hydroxylation sites is 2. The molecular formula is C12H13N3. The summed E-state index contributed by atoms with van der Waals surface area (Å²) < 4.78 is 0. The Balaban J connectivity index is 2.30. The van der Waals surface area contributed by atoms with Crippen LogP contribution in [0.15, 0.2) is 42.7 Å². The van der Waals surface area contributed by atoms with Gasteiger partial charge in [0.05, 0.1) is 11.4 Å². The lowest BCUT2D eigenvalue weighted by atomic mass is 10.2. The van der Waals surface area contributed by atoms with Crippen molar-refractivity contribution >= 4 is 17.1 Å². The number of nitrogens with one attached hydrogen (secondary N) is 1. The summed E-state index contributed by atoms with van der Waals surface area (Å²) in [5.41, 5.74) is 9.64. The zero-order valence-corrected chi connectivity index (χ0v) is 8.57. The van der Waals surface area contributed by atoms with E-state index in [0.29, 0.717) is 0 Å². The van der Waals surface area contributed by atoms with Gasteiger partial charge in [-0.3, -0.25) is 4.98 Å². The molecule has 2 aromatic rings. The lowest BCUT2D eigenvalue weighted by Gasteiger charge is -2.10. The van der Waals surface area contributed by atoms with Crippen molar-refractivity contribution < 1.29 is 0 Å². The fraction of sp³-hybridized carbons (Fsp3) is 0.0833. The van der Waals surface area contributed by atoms with Gasteiger partial charge in [-0.1, -0.05) is 12.1 Å². The first-order valence-corrected chi connectivity index (χ1v) is 4.79. The van der Waals surface area contributed by atoms with Gasteiger partial charge in [-0.2, -0.15) is 0 Å². The molecule has 2 rings (SSSR count). The molecule has 0 radical (unpaired) electrons. The van der Waals surface area contributed by atoms with Crippen LogP contribution in [0.25, 0.3) is 0 Å². The maximum absolute atomic E-state index is 5.84. The second-order valence-electron chi connectivity index (χ2n) is 3.40. The van der Waals surface area contributed by atoms with Gasteiger partial charge in [0.25, 0.3) is 0 Å². The molecule has 0 bridgehead atoms. The molecule has 1 heterocycles. The van der Waals surface area contributed by atoms with E-state index in [0.717, 1.165) is 22.6 Å². The standard InChI is InChI=1S/C12H13N3/c1-9-8-14-7-6-11(9)15-12-5-3-2-4-10(12)13/h2-8H,13H2,1H3,(H,14,15). The lowest BCUT2D eigenvalue weighted by Crippen LogP contribution is -1.97. The summed E-state index contributed by atoms with van der Waals surface area (Å²) in [7, 11) is 0. The van der Waals surface area contributed by atoms with Crippen LogP contribution in [0.2, 0.25) is 0 Å². The summed E-state index contributed by atoms with van der Waals surface area (Å²) in [6.07, 6.45) is 3.58. The van der Waals surface area contributed by atoms with Gasteiger partial charge in [0.2, 0.25) is 0 Å². The second-order valence-corrected chi connectivity index (χ2v) is 3.40. The molecule has 0 fully saturated rings. The highest BCUT2D eigenvalue weighted by molar-refractivity contribution is 5.73. The molecule has 0 aliphatic heterocycles. The molecule has 0 saturated carbocycles. The summed E-state index contributed by atoms with van der Waals surface area (Å²) in [6.45, 7) is 2.01. The Morgan fingerprint density at radius 2 is 1.93 bits per heavy atom. The number of hydrogen-bond donors (Lipinski definition) is 2. The Morgan fingerprint density at radius 3 is 2.67 bits per heavy atom. The topological polar surface area (TPSA) is 50.9 Å². The van der Waals surface area contributed by atoms with Gasteiger partial charge in [-0.25, -0.2) is 0 Å². The summed E-state index contributed by atoms with van der Waals surface area (Å²) in [5.74, 6) is 0. The fourth-order valence-electron chi connectivity index (χ4n) is 1.37. The van der Waals surface area contributed by atoms with E-state index in [9.17, 15) is 0 Å². The molecule has 3 N–H and O–H groups in total. The molecule has 3 heteroatoms. The molecule has 0 spiro atoms. The number of aromatic nitrogens is 1. The number of aryl methyl sites for hydroxylation is 1. The Bertz CT molecular complexity index is 422. The van der Waals surface area contributed by atoms with Gasteiger partial charge < -0.3 is 11.1 Å². The van der Waals surface area contributed by atoms with Crippen molar-refractivity contribution in [2.75, 3.05) is 11.1 Å². The molecule has 1 aromatic heterocycles. The molecule has 0 saturated heterocycles. The van der Waals surface area contributed by atoms with Crippen molar-refractivity contribution in [1.29, 1.82) is 0 Å². The largest absolute Gasteiger partial charge is 0.397 e. The third-order valence-corrected chi connectivity index (χ3v) is 2.25. The van der Waals surface area contributed by atoms with E-state index in [1.165, 1.54) is 0 Å². The van der Waals surface area contributed by atoms with Crippen LogP contribution in [0.1, 0.15) is 5.56 Å². The Labute approximate surface area is 89.0 Å². The minimum Gasteiger partial charge on any atom is -0.397 e. The average Bonchev–Trinajstić information content (AvgIpc) is 2.24. The number of hydrogen-bond acceptors (Lipinski definition) is 3. The van der Waals surface area contributed by atoms with Crippen molar-refractivity contribution in [2.45, 2.75) is 6.92 Å². The lowest BCUT2D eigenvalue weighted by molar-refractivity contribution is 1.26. The highest BCUT2D eigenvalue weighted by Gasteiger charge is 2.00. The summed E-state index contributed by atoms with van der Waals surface area (Å²) in [5, 5.41) is 3.28. The molecule has 0 unspecified atom stereocenters. The van der Waals surface area contributed by atoms with Gasteiger partial charge in [-0.05, 0) is 30.7 Å². The molecule has 3 nitrogen and oxygen atoms in total. The molecule has 76 valence electrons. The predicted octanol–water partition coefficient (Wildman–Crippen LogP) is 2.72. The first kappa shape index (κ1) is 9.52. The zero-order chi connectivity index (χ0) is 10.7. The van der Waals surface area contributed by atoms with Crippen molar-refractivity contribution in [3.05, 3.63) is 48.3 Å². The van der Waals surface area contributed by atoms with Crippen LogP contribution in [-0.2, 0) is 0 Å².